The molecule has 2 aromatic carbocycles. The molecule has 9 heteroatoms. The van der Waals surface area contributed by atoms with Gasteiger partial charge in [-0.25, -0.2) is 0 Å². The van der Waals surface area contributed by atoms with E-state index < -0.39 is 18.5 Å². The number of rotatable bonds is 10. The van der Waals surface area contributed by atoms with E-state index in [0.717, 1.165) is 0 Å². The number of carbonyl (C=O) groups is 2. The standard InChI is InChI=1S/C19H19F2NO6/c1-26-16-11-12(4-9-15(16)28-19(20)21)18(25)22-13-5-7-14(8-6-13)27-10-2-3-17(23)24/h4-9,11,19H,2-3,10H2,1H3,(H,22,25)(H,23,24). The fraction of sp³-hybridized carbons (Fsp3) is 0.263. The summed E-state index contributed by atoms with van der Waals surface area (Å²) in [6.07, 6.45) is 0.416. The Morgan fingerprint density at radius 2 is 1.82 bits per heavy atom. The van der Waals surface area contributed by atoms with Gasteiger partial charge >= 0.3 is 12.6 Å². The molecule has 0 heterocycles. The van der Waals surface area contributed by atoms with Crippen molar-refractivity contribution in [2.75, 3.05) is 19.0 Å². The van der Waals surface area contributed by atoms with Crippen molar-refractivity contribution in [3.8, 4) is 17.2 Å². The van der Waals surface area contributed by atoms with Crippen molar-refractivity contribution >= 4 is 17.6 Å². The van der Waals surface area contributed by atoms with Crippen LogP contribution in [0.5, 0.6) is 17.2 Å². The highest BCUT2D eigenvalue weighted by Gasteiger charge is 2.14. The lowest BCUT2D eigenvalue weighted by Crippen LogP contribution is -2.12. The molecule has 1 amide bonds. The zero-order valence-electron chi connectivity index (χ0n) is 15.0. The van der Waals surface area contributed by atoms with E-state index in [2.05, 4.69) is 10.1 Å². The van der Waals surface area contributed by atoms with Crippen molar-refractivity contribution in [2.24, 2.45) is 0 Å². The molecule has 0 atom stereocenters. The van der Waals surface area contributed by atoms with E-state index >= 15 is 0 Å². The Kier molecular flexibility index (Phi) is 7.55. The van der Waals surface area contributed by atoms with Crippen molar-refractivity contribution in [1.82, 2.24) is 0 Å². The molecule has 0 aliphatic heterocycles. The van der Waals surface area contributed by atoms with Crippen LogP contribution in [-0.2, 0) is 4.79 Å². The molecule has 7 nitrogen and oxygen atoms in total. The molecule has 0 aliphatic carbocycles. The third-order valence-electron chi connectivity index (χ3n) is 3.56. The largest absolute Gasteiger partial charge is 0.494 e. The lowest BCUT2D eigenvalue weighted by atomic mass is 10.2. The van der Waals surface area contributed by atoms with E-state index in [0.29, 0.717) is 17.9 Å². The van der Waals surface area contributed by atoms with E-state index in [1.807, 2.05) is 0 Å². The van der Waals surface area contributed by atoms with Crippen LogP contribution in [0.4, 0.5) is 14.5 Å². The minimum Gasteiger partial charge on any atom is -0.494 e. The molecule has 0 aliphatic rings. The number of anilines is 1. The van der Waals surface area contributed by atoms with Gasteiger partial charge in [0.25, 0.3) is 5.91 Å². The second kappa shape index (κ2) is 10.1. The van der Waals surface area contributed by atoms with Crippen molar-refractivity contribution in [3.63, 3.8) is 0 Å². The maximum atomic E-state index is 12.4. The molecule has 0 aromatic heterocycles. The van der Waals surface area contributed by atoms with E-state index in [4.69, 9.17) is 14.6 Å². The fourth-order valence-electron chi connectivity index (χ4n) is 2.25. The molecule has 28 heavy (non-hydrogen) atoms. The molecule has 2 N–H and O–H groups in total. The first kappa shape index (κ1) is 20.9. The summed E-state index contributed by atoms with van der Waals surface area (Å²) in [5.41, 5.74) is 0.697. The molecule has 0 unspecified atom stereocenters. The second-order valence-electron chi connectivity index (χ2n) is 5.57. The van der Waals surface area contributed by atoms with Crippen LogP contribution in [0.15, 0.2) is 42.5 Å². The predicted octanol–water partition coefficient (Wildman–Crippen LogP) is 3.79. The number of amides is 1. The SMILES string of the molecule is COc1cc(C(=O)Nc2ccc(OCCCC(=O)O)cc2)ccc1OC(F)F. The van der Waals surface area contributed by atoms with Crippen LogP contribution in [0.1, 0.15) is 23.2 Å². The Hall–Kier alpha value is -3.36. The van der Waals surface area contributed by atoms with Crippen LogP contribution in [0.25, 0.3) is 0 Å². The topological polar surface area (TPSA) is 94.1 Å². The average molecular weight is 395 g/mol. The minimum absolute atomic E-state index is 0.0121. The summed E-state index contributed by atoms with van der Waals surface area (Å²) in [4.78, 5) is 22.8. The quantitative estimate of drug-likeness (QED) is 0.595. The van der Waals surface area contributed by atoms with Crippen molar-refractivity contribution < 1.29 is 37.7 Å². The molecule has 0 saturated carbocycles. The number of carboxylic acid groups (broad SMARTS) is 1. The number of hydrogen-bond donors (Lipinski definition) is 2. The summed E-state index contributed by atoms with van der Waals surface area (Å²) >= 11 is 0. The molecule has 0 radical (unpaired) electrons. The van der Waals surface area contributed by atoms with Crippen molar-refractivity contribution in [2.45, 2.75) is 19.5 Å². The van der Waals surface area contributed by atoms with Gasteiger partial charge in [0, 0.05) is 17.7 Å². The Bertz CT molecular complexity index is 811. The van der Waals surface area contributed by atoms with Crippen LogP contribution in [-0.4, -0.2) is 37.3 Å². The maximum Gasteiger partial charge on any atom is 0.387 e. The van der Waals surface area contributed by atoms with Crippen LogP contribution < -0.4 is 19.5 Å². The van der Waals surface area contributed by atoms with Gasteiger partial charge in [0.1, 0.15) is 5.75 Å². The van der Waals surface area contributed by atoms with Crippen LogP contribution >= 0.6 is 0 Å². The zero-order chi connectivity index (χ0) is 20.5. The first-order chi connectivity index (χ1) is 13.4. The Labute approximate surface area is 159 Å². The number of nitrogens with one attached hydrogen (secondary N) is 1. The lowest BCUT2D eigenvalue weighted by molar-refractivity contribution is -0.137. The molecule has 0 fully saturated rings. The van der Waals surface area contributed by atoms with Gasteiger partial charge in [-0.1, -0.05) is 0 Å². The van der Waals surface area contributed by atoms with Gasteiger partial charge in [-0.3, -0.25) is 9.59 Å². The Balaban J connectivity index is 1.96. The van der Waals surface area contributed by atoms with E-state index in [1.54, 1.807) is 24.3 Å². The third kappa shape index (κ3) is 6.42. The molecular formula is C19H19F2NO6. The first-order valence-electron chi connectivity index (χ1n) is 8.28. The summed E-state index contributed by atoms with van der Waals surface area (Å²) in [7, 11) is 1.28. The number of carboxylic acids is 1. The second-order valence-corrected chi connectivity index (χ2v) is 5.57. The summed E-state index contributed by atoms with van der Waals surface area (Å²) in [6, 6.07) is 10.4. The van der Waals surface area contributed by atoms with Gasteiger partial charge in [0.15, 0.2) is 11.5 Å². The van der Waals surface area contributed by atoms with Crippen molar-refractivity contribution in [3.05, 3.63) is 48.0 Å². The normalized spacial score (nSPS) is 10.4. The number of halogens is 2. The summed E-state index contributed by atoms with van der Waals surface area (Å²) in [5.74, 6) is -0.959. The van der Waals surface area contributed by atoms with Gasteiger partial charge in [-0.05, 0) is 48.9 Å². The zero-order valence-corrected chi connectivity index (χ0v) is 15.0. The highest BCUT2D eigenvalue weighted by atomic mass is 19.3. The highest BCUT2D eigenvalue weighted by Crippen LogP contribution is 2.29. The predicted molar refractivity (Wildman–Crippen MR) is 96.4 cm³/mol. The van der Waals surface area contributed by atoms with Gasteiger partial charge in [0.05, 0.1) is 13.7 Å². The van der Waals surface area contributed by atoms with Crippen LogP contribution in [0.3, 0.4) is 0 Å². The third-order valence-corrected chi connectivity index (χ3v) is 3.56. The molecular weight excluding hydrogens is 376 g/mol. The van der Waals surface area contributed by atoms with Crippen LogP contribution in [0.2, 0.25) is 0 Å². The molecule has 0 saturated heterocycles. The first-order valence-corrected chi connectivity index (χ1v) is 8.28. The Morgan fingerprint density at radius 3 is 2.43 bits per heavy atom. The number of aliphatic carboxylic acids is 1. The summed E-state index contributed by atoms with van der Waals surface area (Å²) in [5, 5.41) is 11.2. The van der Waals surface area contributed by atoms with E-state index in [-0.39, 0.29) is 30.1 Å². The Morgan fingerprint density at radius 1 is 1.11 bits per heavy atom. The number of ether oxygens (including phenoxy) is 3. The smallest absolute Gasteiger partial charge is 0.387 e. The van der Waals surface area contributed by atoms with Gasteiger partial charge in [0.2, 0.25) is 0 Å². The molecule has 2 aromatic rings. The number of methoxy groups -OCH3 is 1. The molecule has 150 valence electrons. The van der Waals surface area contributed by atoms with Gasteiger partial charge < -0.3 is 24.6 Å². The fourth-order valence-corrected chi connectivity index (χ4v) is 2.25. The monoisotopic (exact) mass is 395 g/mol. The van der Waals surface area contributed by atoms with Gasteiger partial charge in [-0.2, -0.15) is 8.78 Å². The number of alkyl halides is 2. The summed E-state index contributed by atoms with van der Waals surface area (Å²) < 4.78 is 39.4. The van der Waals surface area contributed by atoms with Crippen LogP contribution in [0, 0.1) is 0 Å². The number of hydrogen-bond acceptors (Lipinski definition) is 5. The highest BCUT2D eigenvalue weighted by molar-refractivity contribution is 6.04. The lowest BCUT2D eigenvalue weighted by Gasteiger charge is -2.12. The van der Waals surface area contributed by atoms with E-state index in [1.165, 1.54) is 25.3 Å². The number of benzene rings is 2. The minimum atomic E-state index is -3.00. The van der Waals surface area contributed by atoms with E-state index in [9.17, 15) is 18.4 Å². The average Bonchev–Trinajstić information content (AvgIpc) is 2.66. The number of carbonyl (C=O) groups excluding carboxylic acids is 1. The van der Waals surface area contributed by atoms with Crippen molar-refractivity contribution in [1.29, 1.82) is 0 Å². The summed E-state index contributed by atoms with van der Waals surface area (Å²) in [6.45, 7) is -2.73. The molecule has 2 rings (SSSR count). The van der Waals surface area contributed by atoms with Gasteiger partial charge in [-0.15, -0.1) is 0 Å². The maximum absolute atomic E-state index is 12.4. The molecule has 0 spiro atoms. The molecule has 0 bridgehead atoms.